The molecule has 182 valence electrons. The zero-order chi connectivity index (χ0) is 25.2. The van der Waals surface area contributed by atoms with Crippen LogP contribution in [0.4, 0.5) is 17.6 Å². The van der Waals surface area contributed by atoms with Gasteiger partial charge in [0.15, 0.2) is 0 Å². The van der Waals surface area contributed by atoms with Crippen LogP contribution >= 0.6 is 0 Å². The van der Waals surface area contributed by atoms with Crippen LogP contribution in [0.15, 0.2) is 83.9 Å². The van der Waals surface area contributed by atoms with E-state index in [1.54, 1.807) is 18.2 Å². The summed E-state index contributed by atoms with van der Waals surface area (Å²) in [5.41, 5.74) is 0.834. The van der Waals surface area contributed by atoms with Crippen molar-refractivity contribution in [3.05, 3.63) is 96.1 Å². The average molecular weight is 505 g/mol. The van der Waals surface area contributed by atoms with Crippen molar-refractivity contribution in [2.24, 2.45) is 0 Å². The Kier molecular flexibility index (Phi) is 6.73. The average Bonchev–Trinajstić information content (AvgIpc) is 3.34. The number of alkyl halides is 3. The van der Waals surface area contributed by atoms with Gasteiger partial charge in [-0.2, -0.15) is 17.5 Å². The van der Waals surface area contributed by atoms with Crippen molar-refractivity contribution in [3.63, 3.8) is 0 Å². The largest absolute Gasteiger partial charge is 0.416 e. The molecule has 0 fully saturated rings. The van der Waals surface area contributed by atoms with Gasteiger partial charge in [0.05, 0.1) is 22.7 Å². The highest BCUT2D eigenvalue weighted by Crippen LogP contribution is 2.31. The molecule has 0 saturated heterocycles. The summed E-state index contributed by atoms with van der Waals surface area (Å²) in [6, 6.07) is 11.2. The fourth-order valence-corrected chi connectivity index (χ4v) is 5.10. The van der Waals surface area contributed by atoms with Gasteiger partial charge in [-0.05, 0) is 59.7 Å². The second-order valence-corrected chi connectivity index (χ2v) is 9.62. The van der Waals surface area contributed by atoms with E-state index in [0.29, 0.717) is 16.8 Å². The van der Waals surface area contributed by atoms with E-state index >= 15 is 0 Å². The fourth-order valence-electron chi connectivity index (χ4n) is 3.60. The maximum Gasteiger partial charge on any atom is 0.416 e. The van der Waals surface area contributed by atoms with Crippen molar-refractivity contribution in [2.45, 2.75) is 23.7 Å². The molecular formula is C24H19F4N3O3S. The predicted octanol–water partition coefficient (Wildman–Crippen LogP) is 4.15. The van der Waals surface area contributed by atoms with Crippen molar-refractivity contribution in [1.29, 1.82) is 0 Å². The maximum absolute atomic E-state index is 13.2. The second kappa shape index (κ2) is 9.59. The number of hydrogen-bond donors (Lipinski definition) is 1. The van der Waals surface area contributed by atoms with Crippen LogP contribution in [0.3, 0.4) is 0 Å². The molecule has 11 heteroatoms. The standard InChI is InChI=1S/C24H19F4N3O3S/c25-19-7-9-21(10-8-19)35(33,34)31-13-1-2-22(31)23(32)30-15-20-14-17(11-12-29-20)16-3-5-18(6-4-16)24(26,27)28/h1-12,14,22H,13,15H2,(H,30,32). The molecule has 0 radical (unpaired) electrons. The van der Waals surface area contributed by atoms with Crippen molar-refractivity contribution >= 4 is 15.9 Å². The number of carbonyl (C=O) groups excluding carboxylic acids is 1. The van der Waals surface area contributed by atoms with Crippen molar-refractivity contribution in [1.82, 2.24) is 14.6 Å². The third-order valence-corrected chi connectivity index (χ3v) is 7.27. The lowest BCUT2D eigenvalue weighted by Gasteiger charge is -2.23. The number of nitrogens with one attached hydrogen (secondary N) is 1. The molecule has 0 saturated carbocycles. The number of benzene rings is 2. The van der Waals surface area contributed by atoms with E-state index in [0.717, 1.165) is 40.7 Å². The molecule has 1 atom stereocenters. The number of carbonyl (C=O) groups is 1. The van der Waals surface area contributed by atoms with Crippen LogP contribution in [0, 0.1) is 5.82 Å². The minimum Gasteiger partial charge on any atom is -0.349 e. The molecule has 3 aromatic rings. The Labute approximate surface area is 199 Å². The van der Waals surface area contributed by atoms with Gasteiger partial charge in [0, 0.05) is 12.7 Å². The molecule has 0 spiro atoms. The summed E-state index contributed by atoms with van der Waals surface area (Å²) in [7, 11) is -4.04. The van der Waals surface area contributed by atoms with E-state index in [-0.39, 0.29) is 18.0 Å². The summed E-state index contributed by atoms with van der Waals surface area (Å²) in [5, 5.41) is 2.64. The Morgan fingerprint density at radius 2 is 1.71 bits per heavy atom. The van der Waals surface area contributed by atoms with Crippen molar-refractivity contribution in [3.8, 4) is 11.1 Å². The third-order valence-electron chi connectivity index (χ3n) is 5.41. The number of nitrogens with zero attached hydrogens (tertiary/aromatic N) is 2. The molecule has 0 bridgehead atoms. The molecule has 0 aliphatic carbocycles. The first-order valence-electron chi connectivity index (χ1n) is 10.4. The number of amides is 1. The van der Waals surface area contributed by atoms with E-state index in [2.05, 4.69) is 10.3 Å². The van der Waals surface area contributed by atoms with Crippen LogP contribution in [0.1, 0.15) is 11.3 Å². The summed E-state index contributed by atoms with van der Waals surface area (Å²) < 4.78 is 78.4. The van der Waals surface area contributed by atoms with Crippen LogP contribution in [0.5, 0.6) is 0 Å². The summed E-state index contributed by atoms with van der Waals surface area (Å²) in [6.45, 7) is -0.0401. The van der Waals surface area contributed by atoms with Crippen molar-refractivity contribution in [2.75, 3.05) is 6.54 Å². The molecule has 1 unspecified atom stereocenters. The quantitative estimate of drug-likeness (QED) is 0.403. The lowest BCUT2D eigenvalue weighted by molar-refractivity contribution is -0.137. The normalized spacial score (nSPS) is 16.4. The van der Waals surface area contributed by atoms with Gasteiger partial charge in [0.2, 0.25) is 15.9 Å². The lowest BCUT2D eigenvalue weighted by Crippen LogP contribution is -2.45. The van der Waals surface area contributed by atoms with Crippen LogP contribution in [-0.2, 0) is 27.5 Å². The molecule has 1 aromatic heterocycles. The monoisotopic (exact) mass is 505 g/mol. The summed E-state index contributed by atoms with van der Waals surface area (Å²) >= 11 is 0. The molecule has 2 aromatic carbocycles. The molecule has 6 nitrogen and oxygen atoms in total. The van der Waals surface area contributed by atoms with Gasteiger partial charge >= 0.3 is 6.18 Å². The molecule has 1 aliphatic heterocycles. The van der Waals surface area contributed by atoms with E-state index < -0.39 is 39.5 Å². The maximum atomic E-state index is 13.2. The summed E-state index contributed by atoms with van der Waals surface area (Å²) in [5.74, 6) is -1.16. The number of pyridine rings is 1. The van der Waals surface area contributed by atoms with Gasteiger partial charge in [0.1, 0.15) is 11.9 Å². The Morgan fingerprint density at radius 3 is 2.37 bits per heavy atom. The van der Waals surface area contributed by atoms with Crippen LogP contribution in [-0.4, -0.2) is 36.2 Å². The SMILES string of the molecule is O=C(NCc1cc(-c2ccc(C(F)(F)F)cc2)ccn1)C1C=CCN1S(=O)(=O)c1ccc(F)cc1. The molecule has 2 heterocycles. The van der Waals surface area contributed by atoms with E-state index in [9.17, 15) is 30.8 Å². The number of sulfonamides is 1. The first-order chi connectivity index (χ1) is 16.6. The van der Waals surface area contributed by atoms with Crippen LogP contribution in [0.25, 0.3) is 11.1 Å². The van der Waals surface area contributed by atoms with Gasteiger partial charge in [-0.3, -0.25) is 9.78 Å². The first-order valence-corrected chi connectivity index (χ1v) is 11.8. The summed E-state index contributed by atoms with van der Waals surface area (Å²) in [6.07, 6.45) is 0.0471. The molecule has 1 N–H and O–H groups in total. The Morgan fingerprint density at radius 1 is 1.03 bits per heavy atom. The topological polar surface area (TPSA) is 79.4 Å². The highest BCUT2D eigenvalue weighted by molar-refractivity contribution is 7.89. The minimum atomic E-state index is -4.43. The lowest BCUT2D eigenvalue weighted by atomic mass is 10.0. The van der Waals surface area contributed by atoms with E-state index in [4.69, 9.17) is 0 Å². The molecular weight excluding hydrogens is 486 g/mol. The van der Waals surface area contributed by atoms with E-state index in [1.807, 2.05) is 0 Å². The Hall–Kier alpha value is -3.57. The smallest absolute Gasteiger partial charge is 0.349 e. The molecule has 1 aliphatic rings. The highest BCUT2D eigenvalue weighted by Gasteiger charge is 2.36. The number of aromatic nitrogens is 1. The molecule has 4 rings (SSSR count). The van der Waals surface area contributed by atoms with Gasteiger partial charge in [-0.1, -0.05) is 24.3 Å². The van der Waals surface area contributed by atoms with Crippen molar-refractivity contribution < 1.29 is 30.8 Å². The zero-order valence-corrected chi connectivity index (χ0v) is 18.9. The van der Waals surface area contributed by atoms with Crippen LogP contribution < -0.4 is 5.32 Å². The minimum absolute atomic E-state index is 0.0144. The number of halogens is 4. The second-order valence-electron chi connectivity index (χ2n) is 7.73. The number of hydrogen-bond acceptors (Lipinski definition) is 4. The third kappa shape index (κ3) is 5.41. The van der Waals surface area contributed by atoms with Gasteiger partial charge in [0.25, 0.3) is 0 Å². The van der Waals surface area contributed by atoms with Gasteiger partial charge in [-0.15, -0.1) is 0 Å². The predicted molar refractivity (Wildman–Crippen MR) is 120 cm³/mol. The van der Waals surface area contributed by atoms with E-state index in [1.165, 1.54) is 24.4 Å². The van der Waals surface area contributed by atoms with Gasteiger partial charge in [-0.25, -0.2) is 12.8 Å². The van der Waals surface area contributed by atoms with Crippen LogP contribution in [0.2, 0.25) is 0 Å². The first kappa shape index (κ1) is 24.6. The number of rotatable bonds is 6. The molecule has 35 heavy (non-hydrogen) atoms. The highest BCUT2D eigenvalue weighted by atomic mass is 32.2. The fraction of sp³-hybridized carbons (Fsp3) is 0.167. The Balaban J connectivity index is 1.45. The van der Waals surface area contributed by atoms with Gasteiger partial charge < -0.3 is 5.32 Å². The Bertz CT molecular complexity index is 1360. The zero-order valence-electron chi connectivity index (χ0n) is 18.0. The molecule has 1 amide bonds. The summed E-state index contributed by atoms with van der Waals surface area (Å²) in [4.78, 5) is 16.8.